The molecule has 0 aromatic heterocycles. The first-order valence-electron chi connectivity index (χ1n) is 9.41. The lowest BCUT2D eigenvalue weighted by atomic mass is 10.2. The molecule has 11 nitrogen and oxygen atoms in total. The second-order valence-electron chi connectivity index (χ2n) is 5.73. The van der Waals surface area contributed by atoms with E-state index in [2.05, 4.69) is 5.32 Å². The van der Waals surface area contributed by atoms with Crippen LogP contribution in [-0.2, 0) is 23.7 Å². The van der Waals surface area contributed by atoms with Crippen LogP contribution in [0.2, 0.25) is 0 Å². The Kier molecular flexibility index (Phi) is 22.1. The molecule has 1 aliphatic rings. The second kappa shape index (κ2) is 21.9. The predicted molar refractivity (Wildman–Crippen MR) is 106 cm³/mol. The normalized spacial score (nSPS) is 17.5. The lowest BCUT2D eigenvalue weighted by Gasteiger charge is -2.09. The van der Waals surface area contributed by atoms with Gasteiger partial charge in [0.25, 0.3) is 0 Å². The maximum absolute atomic E-state index is 10.7. The molecule has 0 spiro atoms. The summed E-state index contributed by atoms with van der Waals surface area (Å²) in [5.74, 6) is -1.62. The number of aromatic carboxylic acids is 1. The molecule has 1 fully saturated rings. The zero-order valence-corrected chi connectivity index (χ0v) is 17.2. The molecule has 0 unspecified atom stereocenters. The van der Waals surface area contributed by atoms with Crippen molar-refractivity contribution in [3.63, 3.8) is 0 Å². The minimum atomic E-state index is -1.18. The van der Waals surface area contributed by atoms with Gasteiger partial charge in [0.1, 0.15) is 0 Å². The van der Waals surface area contributed by atoms with Gasteiger partial charge in [0.2, 0.25) is 0 Å². The van der Waals surface area contributed by atoms with Crippen LogP contribution in [0.5, 0.6) is 5.75 Å². The molecule has 30 heavy (non-hydrogen) atoms. The van der Waals surface area contributed by atoms with E-state index in [4.69, 9.17) is 28.8 Å². The summed E-state index contributed by atoms with van der Waals surface area (Å²) in [5, 5.41) is 21.2. The summed E-state index contributed by atoms with van der Waals surface area (Å²) in [5.41, 5.74) is -0.178. The first-order chi connectivity index (χ1) is 13.7. The summed E-state index contributed by atoms with van der Waals surface area (Å²) in [4.78, 5) is 10.2. The molecule has 1 saturated heterocycles. The van der Waals surface area contributed by atoms with Crippen molar-refractivity contribution in [1.82, 2.24) is 0 Å². The highest BCUT2D eigenvalue weighted by Crippen LogP contribution is 2.10. The van der Waals surface area contributed by atoms with Crippen molar-refractivity contribution in [3.05, 3.63) is 29.8 Å². The smallest absolute Gasteiger partial charge is 0.335 e. The van der Waals surface area contributed by atoms with Gasteiger partial charge in [-0.15, -0.1) is 0 Å². The summed E-state index contributed by atoms with van der Waals surface area (Å²) < 4.78 is 26.9. The first kappa shape index (κ1) is 30.4. The van der Waals surface area contributed by atoms with Crippen molar-refractivity contribution in [1.29, 1.82) is 0 Å². The summed E-state index contributed by atoms with van der Waals surface area (Å²) in [6, 6.07) is 5.54. The number of quaternary nitrogens is 1. The largest absolute Gasteiger partial charge is 0.872 e. The highest BCUT2D eigenvalue weighted by atomic mass is 16.6. The number of carboxylic acid groups (broad SMARTS) is 1. The van der Waals surface area contributed by atoms with Gasteiger partial charge in [-0.05, 0) is 6.07 Å². The van der Waals surface area contributed by atoms with Crippen LogP contribution in [0.25, 0.3) is 0 Å². The fourth-order valence-electron chi connectivity index (χ4n) is 2.10. The molecule has 2 rings (SSSR count). The zero-order valence-electron chi connectivity index (χ0n) is 17.2. The summed E-state index contributed by atoms with van der Waals surface area (Å²) in [6.45, 7) is 8.41. The third kappa shape index (κ3) is 17.1. The van der Waals surface area contributed by atoms with Crippen LogP contribution >= 0.6 is 0 Å². The van der Waals surface area contributed by atoms with Crippen LogP contribution < -0.4 is 10.4 Å². The number of hydrogen-bond acceptors (Lipinski definition) is 7. The number of benzene rings is 1. The predicted octanol–water partition coefficient (Wildman–Crippen LogP) is -2.54. The summed E-state index contributed by atoms with van der Waals surface area (Å²) in [6.07, 6.45) is 0. The molecule has 0 bridgehead atoms. The van der Waals surface area contributed by atoms with Crippen LogP contribution in [-0.4, -0.2) is 101 Å². The zero-order chi connectivity index (χ0) is 20.3. The fourth-order valence-corrected chi connectivity index (χ4v) is 2.10. The maximum Gasteiger partial charge on any atom is 0.335 e. The molecule has 0 amide bonds. The Morgan fingerprint density at radius 3 is 1.43 bits per heavy atom. The molecule has 7 N–H and O–H groups in total. The molecule has 1 aromatic rings. The molecular weight excluding hydrogens is 402 g/mol. The van der Waals surface area contributed by atoms with Gasteiger partial charge < -0.3 is 50.2 Å². The van der Waals surface area contributed by atoms with Crippen molar-refractivity contribution in [3.8, 4) is 5.75 Å². The van der Waals surface area contributed by atoms with E-state index in [-0.39, 0.29) is 16.5 Å². The third-order valence-corrected chi connectivity index (χ3v) is 3.54. The SMILES string of the molecule is C1COCCOCCOCCOCCOCC[NH2+]1.O.O.O=C(O)c1ccccc1[O-]. The van der Waals surface area contributed by atoms with Gasteiger partial charge >= 0.3 is 5.97 Å². The number of hydrogen-bond donors (Lipinski definition) is 2. The van der Waals surface area contributed by atoms with E-state index in [1.807, 2.05) is 0 Å². The molecule has 0 atom stereocenters. The van der Waals surface area contributed by atoms with Crippen molar-refractivity contribution < 1.29 is 55.0 Å². The van der Waals surface area contributed by atoms with Crippen molar-refractivity contribution >= 4 is 5.97 Å². The van der Waals surface area contributed by atoms with Gasteiger partial charge in [0.15, 0.2) is 0 Å². The lowest BCUT2D eigenvalue weighted by Crippen LogP contribution is -2.86. The van der Waals surface area contributed by atoms with Crippen molar-refractivity contribution in [2.24, 2.45) is 0 Å². The minimum absolute atomic E-state index is 0. The van der Waals surface area contributed by atoms with Crippen LogP contribution in [0.3, 0.4) is 0 Å². The van der Waals surface area contributed by atoms with E-state index in [1.54, 1.807) is 0 Å². The van der Waals surface area contributed by atoms with Gasteiger partial charge in [-0.1, -0.05) is 23.9 Å². The van der Waals surface area contributed by atoms with E-state index < -0.39 is 11.7 Å². The van der Waals surface area contributed by atoms with Crippen molar-refractivity contribution in [2.75, 3.05) is 79.2 Å². The van der Waals surface area contributed by atoms with E-state index >= 15 is 0 Å². The highest BCUT2D eigenvalue weighted by Gasteiger charge is 2.00. The van der Waals surface area contributed by atoms with Crippen LogP contribution in [0.15, 0.2) is 24.3 Å². The average Bonchev–Trinajstić information content (AvgIpc) is 2.69. The van der Waals surface area contributed by atoms with Gasteiger partial charge in [-0.2, -0.15) is 0 Å². The van der Waals surface area contributed by atoms with Crippen LogP contribution in [0.1, 0.15) is 10.4 Å². The van der Waals surface area contributed by atoms with Gasteiger partial charge in [-0.25, -0.2) is 4.79 Å². The van der Waals surface area contributed by atoms with Crippen LogP contribution in [0.4, 0.5) is 0 Å². The van der Waals surface area contributed by atoms with Crippen molar-refractivity contribution in [2.45, 2.75) is 0 Å². The molecule has 11 heteroatoms. The number of carboxylic acids is 1. The molecule has 0 saturated carbocycles. The minimum Gasteiger partial charge on any atom is -0.872 e. The Morgan fingerprint density at radius 1 is 0.733 bits per heavy atom. The second-order valence-corrected chi connectivity index (χ2v) is 5.73. The Balaban J connectivity index is 0. The van der Waals surface area contributed by atoms with Gasteiger partial charge in [-0.3, -0.25) is 0 Å². The Hall–Kier alpha value is -1.83. The first-order valence-corrected chi connectivity index (χ1v) is 9.41. The van der Waals surface area contributed by atoms with E-state index in [1.165, 1.54) is 24.3 Å². The molecule has 176 valence electrons. The quantitative estimate of drug-likeness (QED) is 0.480. The number of rotatable bonds is 1. The summed E-state index contributed by atoms with van der Waals surface area (Å²) >= 11 is 0. The monoisotopic (exact) mass is 437 g/mol. The Bertz CT molecular complexity index is 443. The number of ether oxygens (including phenoxy) is 5. The number of para-hydroxylation sites is 1. The molecule has 1 aliphatic heterocycles. The van der Waals surface area contributed by atoms with E-state index in [0.717, 1.165) is 26.3 Å². The summed E-state index contributed by atoms with van der Waals surface area (Å²) in [7, 11) is 0. The van der Waals surface area contributed by atoms with Crippen LogP contribution in [0, 0.1) is 0 Å². The topological polar surface area (TPSA) is 186 Å². The van der Waals surface area contributed by atoms with E-state index in [0.29, 0.717) is 52.9 Å². The standard InChI is InChI=1S/C12H25NO5.C7H6O3.2H2O/c1-3-14-5-7-16-9-11-18-12-10-17-8-6-15-4-2-13-1;8-6-4-2-1-3-5(6)7(9)10;;/h13H,1-12H2;1-4,8H,(H,9,10);2*1H2. The lowest BCUT2D eigenvalue weighted by molar-refractivity contribution is -0.657. The molecular formula is C19H35NO10. The molecule has 0 aliphatic carbocycles. The average molecular weight is 437 g/mol. The maximum atomic E-state index is 10.7. The molecule has 1 aromatic carbocycles. The third-order valence-electron chi connectivity index (χ3n) is 3.54. The fraction of sp³-hybridized carbons (Fsp3) is 0.632. The number of carbonyl (C=O) groups is 1. The highest BCUT2D eigenvalue weighted by molar-refractivity contribution is 5.90. The Labute approximate surface area is 176 Å². The molecule has 1 heterocycles. The van der Waals surface area contributed by atoms with E-state index in [9.17, 15) is 9.90 Å². The van der Waals surface area contributed by atoms with Gasteiger partial charge in [0.05, 0.1) is 84.7 Å². The molecule has 0 radical (unpaired) electrons. The van der Waals surface area contributed by atoms with Gasteiger partial charge in [0, 0.05) is 0 Å². The Morgan fingerprint density at radius 2 is 1.10 bits per heavy atom. The number of nitrogens with two attached hydrogens (primary N) is 1.